The van der Waals surface area contributed by atoms with E-state index < -0.39 is 11.6 Å². The van der Waals surface area contributed by atoms with Crippen molar-refractivity contribution in [1.82, 2.24) is 15.2 Å². The van der Waals surface area contributed by atoms with Gasteiger partial charge in [-0.25, -0.2) is 9.37 Å². The molecule has 0 saturated carbocycles. The van der Waals surface area contributed by atoms with E-state index in [1.54, 1.807) is 6.07 Å². The lowest BCUT2D eigenvalue weighted by molar-refractivity contribution is -0.136. The number of amides is 2. The van der Waals surface area contributed by atoms with Gasteiger partial charge in [0.2, 0.25) is 5.67 Å². The molecule has 1 aromatic carbocycles. The number of rotatable bonds is 5. The van der Waals surface area contributed by atoms with E-state index in [0.29, 0.717) is 25.1 Å². The monoisotopic (exact) mass is 359 g/mol. The van der Waals surface area contributed by atoms with Crippen molar-refractivity contribution in [3.8, 4) is 0 Å². The molecule has 26 heavy (non-hydrogen) atoms. The van der Waals surface area contributed by atoms with Crippen molar-refractivity contribution in [2.75, 3.05) is 33.4 Å². The van der Waals surface area contributed by atoms with Gasteiger partial charge in [0.25, 0.3) is 11.8 Å². The van der Waals surface area contributed by atoms with Gasteiger partial charge in [-0.3, -0.25) is 9.59 Å². The van der Waals surface area contributed by atoms with Gasteiger partial charge in [-0.05, 0) is 25.0 Å². The Morgan fingerprint density at radius 1 is 1.31 bits per heavy atom. The number of nitrogens with zero attached hydrogens (tertiary/aromatic N) is 2. The number of pyridine rings is 1. The van der Waals surface area contributed by atoms with Crippen molar-refractivity contribution in [1.29, 1.82) is 0 Å². The number of hydrogen-bond donors (Lipinski definition) is 1. The number of fused-ring (bicyclic) bond motifs is 1. The van der Waals surface area contributed by atoms with Gasteiger partial charge in [-0.1, -0.05) is 24.3 Å². The Labute approximate surface area is 151 Å². The molecule has 138 valence electrons. The number of halogens is 1. The number of hydrogen-bond acceptors (Lipinski definition) is 4. The Kier molecular flexibility index (Phi) is 5.46. The molecule has 1 unspecified atom stereocenters. The zero-order chi connectivity index (χ0) is 18.6. The van der Waals surface area contributed by atoms with E-state index >= 15 is 4.39 Å². The maximum Gasteiger partial charge on any atom is 0.272 e. The molecule has 2 amide bonds. The second-order valence-electron chi connectivity index (χ2n) is 6.43. The molecule has 3 rings (SSSR count). The van der Waals surface area contributed by atoms with Crippen molar-refractivity contribution in [3.63, 3.8) is 0 Å². The van der Waals surface area contributed by atoms with Gasteiger partial charge < -0.3 is 15.0 Å². The molecule has 0 radical (unpaired) electrons. The standard InChI is InChI=1S/C19H22FN3O3/c1-26-12-10-21-18(25)19(20)9-4-11-23(13-19)17(24)16-8-7-14-5-2-3-6-15(14)22-16/h2-3,5-8H,4,9-13H2,1H3,(H,21,25). The Bertz CT molecular complexity index is 813. The van der Waals surface area contributed by atoms with E-state index in [4.69, 9.17) is 4.74 Å². The molecule has 0 bridgehead atoms. The van der Waals surface area contributed by atoms with E-state index in [1.165, 1.54) is 12.0 Å². The highest BCUT2D eigenvalue weighted by Gasteiger charge is 2.44. The minimum Gasteiger partial charge on any atom is -0.383 e. The first-order valence-electron chi connectivity index (χ1n) is 8.65. The van der Waals surface area contributed by atoms with Crippen molar-refractivity contribution >= 4 is 22.7 Å². The number of carbonyl (C=O) groups is 2. The van der Waals surface area contributed by atoms with Gasteiger partial charge in [0.05, 0.1) is 18.7 Å². The number of ether oxygens (including phenoxy) is 1. The van der Waals surface area contributed by atoms with Gasteiger partial charge in [0, 0.05) is 25.6 Å². The van der Waals surface area contributed by atoms with Crippen molar-refractivity contribution in [3.05, 3.63) is 42.1 Å². The number of piperidine rings is 1. The second kappa shape index (κ2) is 7.78. The van der Waals surface area contributed by atoms with E-state index in [0.717, 1.165) is 5.39 Å². The topological polar surface area (TPSA) is 71.5 Å². The first-order valence-corrected chi connectivity index (χ1v) is 8.65. The highest BCUT2D eigenvalue weighted by atomic mass is 19.1. The highest BCUT2D eigenvalue weighted by Crippen LogP contribution is 2.27. The number of likely N-dealkylation sites (tertiary alicyclic amines) is 1. The first-order chi connectivity index (χ1) is 12.5. The van der Waals surface area contributed by atoms with Crippen LogP contribution in [0.15, 0.2) is 36.4 Å². The van der Waals surface area contributed by atoms with Crippen molar-refractivity contribution < 1.29 is 18.7 Å². The minimum absolute atomic E-state index is 0.0980. The van der Waals surface area contributed by atoms with Crippen molar-refractivity contribution in [2.24, 2.45) is 0 Å². The lowest BCUT2D eigenvalue weighted by Gasteiger charge is -2.36. The summed E-state index contributed by atoms with van der Waals surface area (Å²) in [5.41, 5.74) is -1.12. The van der Waals surface area contributed by atoms with Gasteiger partial charge in [0.15, 0.2) is 0 Å². The van der Waals surface area contributed by atoms with Crippen LogP contribution in [0.1, 0.15) is 23.3 Å². The summed E-state index contributed by atoms with van der Waals surface area (Å²) in [6.45, 7) is 0.691. The van der Waals surface area contributed by atoms with Crippen LogP contribution in [0, 0.1) is 0 Å². The van der Waals surface area contributed by atoms with Gasteiger partial charge >= 0.3 is 0 Å². The average Bonchev–Trinajstić information content (AvgIpc) is 2.67. The van der Waals surface area contributed by atoms with E-state index in [9.17, 15) is 9.59 Å². The molecule has 1 aliphatic heterocycles. The molecule has 1 aromatic heterocycles. The van der Waals surface area contributed by atoms with E-state index in [-0.39, 0.29) is 31.1 Å². The molecule has 1 saturated heterocycles. The number of nitrogens with one attached hydrogen (secondary N) is 1. The fourth-order valence-electron chi connectivity index (χ4n) is 3.14. The summed E-state index contributed by atoms with van der Waals surface area (Å²) in [6.07, 6.45) is 0.522. The van der Waals surface area contributed by atoms with Crippen LogP contribution in [0.2, 0.25) is 0 Å². The van der Waals surface area contributed by atoms with Crippen LogP contribution in [0.25, 0.3) is 10.9 Å². The summed E-state index contributed by atoms with van der Waals surface area (Å²) < 4.78 is 20.0. The highest BCUT2D eigenvalue weighted by molar-refractivity contribution is 5.96. The van der Waals surface area contributed by atoms with Crippen molar-refractivity contribution in [2.45, 2.75) is 18.5 Å². The summed E-state index contributed by atoms with van der Waals surface area (Å²) in [5.74, 6) is -1.05. The maximum absolute atomic E-state index is 15.1. The van der Waals surface area contributed by atoms with Crippen LogP contribution in [0.4, 0.5) is 4.39 Å². The largest absolute Gasteiger partial charge is 0.383 e. The van der Waals surface area contributed by atoms with E-state index in [2.05, 4.69) is 10.3 Å². The Morgan fingerprint density at radius 3 is 2.92 bits per heavy atom. The zero-order valence-electron chi connectivity index (χ0n) is 14.7. The number of benzene rings is 1. The summed E-state index contributed by atoms with van der Waals surface area (Å²) in [6, 6.07) is 10.9. The average molecular weight is 359 g/mol. The fourth-order valence-corrected chi connectivity index (χ4v) is 3.14. The molecule has 6 nitrogen and oxygen atoms in total. The second-order valence-corrected chi connectivity index (χ2v) is 6.43. The third-order valence-electron chi connectivity index (χ3n) is 4.55. The van der Waals surface area contributed by atoms with Crippen LogP contribution in [-0.2, 0) is 9.53 Å². The Hall–Kier alpha value is -2.54. The van der Waals surface area contributed by atoms with E-state index in [1.807, 2.05) is 30.3 Å². The summed E-state index contributed by atoms with van der Waals surface area (Å²) in [5, 5.41) is 3.46. The zero-order valence-corrected chi connectivity index (χ0v) is 14.7. The number of methoxy groups -OCH3 is 1. The lowest BCUT2D eigenvalue weighted by atomic mass is 9.93. The normalized spacial score (nSPS) is 20.2. The Balaban J connectivity index is 1.73. The summed E-state index contributed by atoms with van der Waals surface area (Å²) in [4.78, 5) is 30.7. The molecular formula is C19H22FN3O3. The van der Waals surface area contributed by atoms with Crippen LogP contribution in [-0.4, -0.2) is 60.7 Å². The quantitative estimate of drug-likeness (QED) is 0.829. The molecular weight excluding hydrogens is 337 g/mol. The molecule has 2 heterocycles. The van der Waals surface area contributed by atoms with Crippen LogP contribution < -0.4 is 5.32 Å². The third-order valence-corrected chi connectivity index (χ3v) is 4.55. The number of carbonyl (C=O) groups excluding carboxylic acids is 2. The minimum atomic E-state index is -2.08. The molecule has 1 N–H and O–H groups in total. The molecule has 1 atom stereocenters. The molecule has 2 aromatic rings. The third kappa shape index (κ3) is 3.83. The molecule has 1 aliphatic rings. The summed E-state index contributed by atoms with van der Waals surface area (Å²) in [7, 11) is 1.51. The summed E-state index contributed by atoms with van der Waals surface area (Å²) >= 11 is 0. The van der Waals surface area contributed by atoms with Gasteiger partial charge in [-0.2, -0.15) is 0 Å². The maximum atomic E-state index is 15.1. The van der Waals surface area contributed by atoms with Gasteiger partial charge in [0.1, 0.15) is 5.69 Å². The fraction of sp³-hybridized carbons (Fsp3) is 0.421. The molecule has 0 spiro atoms. The van der Waals surface area contributed by atoms with Crippen LogP contribution in [0.5, 0.6) is 0 Å². The van der Waals surface area contributed by atoms with Crippen LogP contribution in [0.3, 0.4) is 0 Å². The predicted molar refractivity (Wildman–Crippen MR) is 95.6 cm³/mol. The molecule has 0 aliphatic carbocycles. The Morgan fingerprint density at radius 2 is 2.12 bits per heavy atom. The first kappa shape index (κ1) is 18.3. The number of alkyl halides is 1. The SMILES string of the molecule is COCCNC(=O)C1(F)CCCN(C(=O)c2ccc3ccccc3n2)C1. The smallest absolute Gasteiger partial charge is 0.272 e. The molecule has 7 heteroatoms. The number of para-hydroxylation sites is 1. The van der Waals surface area contributed by atoms with Crippen LogP contribution >= 0.6 is 0 Å². The predicted octanol–water partition coefficient (Wildman–Crippen LogP) is 1.94. The molecule has 1 fully saturated rings. The lowest BCUT2D eigenvalue weighted by Crippen LogP contribution is -2.56. The van der Waals surface area contributed by atoms with Gasteiger partial charge in [-0.15, -0.1) is 0 Å². The number of aromatic nitrogens is 1.